The van der Waals surface area contributed by atoms with Crippen LogP contribution in [0.15, 0.2) is 30.3 Å². The highest BCUT2D eigenvalue weighted by Gasteiger charge is 2.31. The fourth-order valence-corrected chi connectivity index (χ4v) is 1.55. The van der Waals surface area contributed by atoms with Crippen LogP contribution in [0.3, 0.4) is 0 Å². The maximum atomic E-state index is 13.7. The summed E-state index contributed by atoms with van der Waals surface area (Å²) in [6.45, 7) is 1.51. The zero-order chi connectivity index (χ0) is 14.9. The number of hydrogen-bond donors (Lipinski definition) is 1. The molecular formula is C13H10F4N2O. The molecule has 2 rings (SSSR count). The minimum absolute atomic E-state index is 0.212. The monoisotopic (exact) mass is 286 g/mol. The Labute approximate surface area is 112 Å². The van der Waals surface area contributed by atoms with E-state index in [1.807, 2.05) is 0 Å². The standard InChI is InChI=1S/C13H10F4N2O/c1-7-3-2-4-9(12(7)14)20-11-6-8(13(15,16)17)5-10(18)19-11/h2-6H,1H3,(H2,18,19). The van der Waals surface area contributed by atoms with Crippen molar-refractivity contribution in [2.75, 3.05) is 5.73 Å². The first-order valence-electron chi connectivity index (χ1n) is 5.55. The van der Waals surface area contributed by atoms with Crippen molar-refractivity contribution in [2.45, 2.75) is 13.1 Å². The lowest BCUT2D eigenvalue weighted by molar-refractivity contribution is -0.137. The van der Waals surface area contributed by atoms with Gasteiger partial charge in [0, 0.05) is 6.07 Å². The number of hydrogen-bond acceptors (Lipinski definition) is 3. The molecule has 0 bridgehead atoms. The molecular weight excluding hydrogens is 276 g/mol. The molecule has 0 saturated carbocycles. The average molecular weight is 286 g/mol. The number of benzene rings is 1. The number of halogens is 4. The van der Waals surface area contributed by atoms with Crippen LogP contribution in [0.1, 0.15) is 11.1 Å². The first kappa shape index (κ1) is 14.1. The van der Waals surface area contributed by atoms with E-state index in [0.717, 1.165) is 0 Å². The number of anilines is 1. The van der Waals surface area contributed by atoms with E-state index >= 15 is 0 Å². The average Bonchev–Trinajstić information content (AvgIpc) is 2.33. The smallest absolute Gasteiger partial charge is 0.416 e. The summed E-state index contributed by atoms with van der Waals surface area (Å²) in [5.74, 6) is -1.65. The summed E-state index contributed by atoms with van der Waals surface area (Å²) in [5, 5.41) is 0. The van der Waals surface area contributed by atoms with Gasteiger partial charge >= 0.3 is 6.18 Å². The van der Waals surface area contributed by atoms with Crippen molar-refractivity contribution in [1.82, 2.24) is 4.98 Å². The van der Waals surface area contributed by atoms with Gasteiger partial charge in [-0.3, -0.25) is 0 Å². The van der Waals surface area contributed by atoms with Crippen molar-refractivity contribution < 1.29 is 22.3 Å². The summed E-state index contributed by atoms with van der Waals surface area (Å²) in [6, 6.07) is 5.67. The van der Waals surface area contributed by atoms with Crippen molar-refractivity contribution in [1.29, 1.82) is 0 Å². The molecule has 0 aliphatic rings. The molecule has 2 N–H and O–H groups in total. The van der Waals surface area contributed by atoms with Gasteiger partial charge in [-0.15, -0.1) is 0 Å². The molecule has 7 heteroatoms. The van der Waals surface area contributed by atoms with Gasteiger partial charge in [0.2, 0.25) is 5.88 Å². The molecule has 0 amide bonds. The SMILES string of the molecule is Cc1cccc(Oc2cc(C(F)(F)F)cc(N)n2)c1F. The van der Waals surface area contributed by atoms with Crippen LogP contribution in [-0.4, -0.2) is 4.98 Å². The van der Waals surface area contributed by atoms with Crippen LogP contribution in [0.25, 0.3) is 0 Å². The molecule has 1 aromatic carbocycles. The Morgan fingerprint density at radius 2 is 1.90 bits per heavy atom. The molecule has 0 spiro atoms. The molecule has 106 valence electrons. The topological polar surface area (TPSA) is 48.1 Å². The Morgan fingerprint density at radius 3 is 2.55 bits per heavy atom. The second kappa shape index (κ2) is 4.99. The summed E-state index contributed by atoms with van der Waals surface area (Å²) in [7, 11) is 0. The van der Waals surface area contributed by atoms with E-state index < -0.39 is 23.4 Å². The first-order valence-corrected chi connectivity index (χ1v) is 5.55. The molecule has 3 nitrogen and oxygen atoms in total. The van der Waals surface area contributed by atoms with Crippen molar-refractivity contribution >= 4 is 5.82 Å². The lowest BCUT2D eigenvalue weighted by atomic mass is 10.2. The second-order valence-corrected chi connectivity index (χ2v) is 4.11. The molecule has 0 saturated heterocycles. The second-order valence-electron chi connectivity index (χ2n) is 4.11. The van der Waals surface area contributed by atoms with E-state index in [1.165, 1.54) is 25.1 Å². The quantitative estimate of drug-likeness (QED) is 0.851. The van der Waals surface area contributed by atoms with Crippen LogP contribution in [0, 0.1) is 12.7 Å². The molecule has 0 radical (unpaired) electrons. The zero-order valence-corrected chi connectivity index (χ0v) is 10.3. The highest BCUT2D eigenvalue weighted by atomic mass is 19.4. The fraction of sp³-hybridized carbons (Fsp3) is 0.154. The number of rotatable bonds is 2. The van der Waals surface area contributed by atoms with Gasteiger partial charge in [-0.2, -0.15) is 18.2 Å². The highest BCUT2D eigenvalue weighted by Crippen LogP contribution is 2.33. The number of nitrogen functional groups attached to an aromatic ring is 1. The van der Waals surface area contributed by atoms with E-state index in [2.05, 4.69) is 4.98 Å². The number of nitrogens with two attached hydrogens (primary N) is 1. The van der Waals surface area contributed by atoms with Gasteiger partial charge in [0.1, 0.15) is 5.82 Å². The van der Waals surface area contributed by atoms with E-state index in [4.69, 9.17) is 10.5 Å². The first-order chi connectivity index (χ1) is 9.27. The lowest BCUT2D eigenvalue weighted by Crippen LogP contribution is -2.07. The fourth-order valence-electron chi connectivity index (χ4n) is 1.55. The molecule has 0 aliphatic heterocycles. The van der Waals surface area contributed by atoms with Crippen molar-refractivity contribution in [3.8, 4) is 11.6 Å². The van der Waals surface area contributed by atoms with E-state index in [-0.39, 0.29) is 11.6 Å². The van der Waals surface area contributed by atoms with Crippen LogP contribution < -0.4 is 10.5 Å². The number of alkyl halides is 3. The number of pyridine rings is 1. The molecule has 2 aromatic rings. The maximum absolute atomic E-state index is 13.7. The van der Waals surface area contributed by atoms with Gasteiger partial charge in [-0.1, -0.05) is 12.1 Å². The summed E-state index contributed by atoms with van der Waals surface area (Å²) in [4.78, 5) is 3.60. The summed E-state index contributed by atoms with van der Waals surface area (Å²) in [6.07, 6.45) is -4.58. The molecule has 0 aliphatic carbocycles. The van der Waals surface area contributed by atoms with Gasteiger partial charge in [0.25, 0.3) is 0 Å². The van der Waals surface area contributed by atoms with Gasteiger partial charge < -0.3 is 10.5 Å². The van der Waals surface area contributed by atoms with Gasteiger partial charge in [0.15, 0.2) is 11.6 Å². The molecule has 20 heavy (non-hydrogen) atoms. The van der Waals surface area contributed by atoms with Crippen LogP contribution in [0.4, 0.5) is 23.4 Å². The maximum Gasteiger partial charge on any atom is 0.416 e. The number of aromatic nitrogens is 1. The highest BCUT2D eigenvalue weighted by molar-refractivity contribution is 5.41. The lowest BCUT2D eigenvalue weighted by Gasteiger charge is -2.11. The predicted molar refractivity (Wildman–Crippen MR) is 64.9 cm³/mol. The van der Waals surface area contributed by atoms with Gasteiger partial charge in [0.05, 0.1) is 5.56 Å². The van der Waals surface area contributed by atoms with Gasteiger partial charge in [-0.25, -0.2) is 4.39 Å². The number of nitrogens with zero attached hydrogens (tertiary/aromatic N) is 1. The summed E-state index contributed by atoms with van der Waals surface area (Å²) >= 11 is 0. The van der Waals surface area contributed by atoms with Crippen LogP contribution in [0.2, 0.25) is 0 Å². The molecule has 0 fully saturated rings. The molecule has 0 unspecified atom stereocenters. The third-order valence-corrected chi connectivity index (χ3v) is 2.52. The number of ether oxygens (including phenoxy) is 1. The summed E-state index contributed by atoms with van der Waals surface area (Å²) in [5.41, 5.74) is 4.59. The van der Waals surface area contributed by atoms with Crippen molar-refractivity contribution in [3.63, 3.8) is 0 Å². The largest absolute Gasteiger partial charge is 0.436 e. The minimum Gasteiger partial charge on any atom is -0.436 e. The Kier molecular flexibility index (Phi) is 3.52. The van der Waals surface area contributed by atoms with Crippen LogP contribution in [0.5, 0.6) is 11.6 Å². The van der Waals surface area contributed by atoms with Gasteiger partial charge in [-0.05, 0) is 24.6 Å². The minimum atomic E-state index is -4.58. The molecule has 1 heterocycles. The molecule has 0 atom stereocenters. The Hall–Kier alpha value is -2.31. The number of aryl methyl sites for hydroxylation is 1. The Morgan fingerprint density at radius 1 is 1.20 bits per heavy atom. The van der Waals surface area contributed by atoms with Crippen LogP contribution in [-0.2, 0) is 6.18 Å². The zero-order valence-electron chi connectivity index (χ0n) is 10.3. The van der Waals surface area contributed by atoms with Crippen molar-refractivity contribution in [2.24, 2.45) is 0 Å². The predicted octanol–water partition coefficient (Wildman–Crippen LogP) is 3.92. The molecule has 1 aromatic heterocycles. The summed E-state index contributed by atoms with van der Waals surface area (Å²) < 4.78 is 56.6. The Balaban J connectivity index is 2.39. The van der Waals surface area contributed by atoms with E-state index in [9.17, 15) is 17.6 Å². The van der Waals surface area contributed by atoms with E-state index in [1.54, 1.807) is 0 Å². The third-order valence-electron chi connectivity index (χ3n) is 2.52. The van der Waals surface area contributed by atoms with Crippen LogP contribution >= 0.6 is 0 Å². The van der Waals surface area contributed by atoms with E-state index in [0.29, 0.717) is 17.7 Å². The normalized spacial score (nSPS) is 11.4. The van der Waals surface area contributed by atoms with Crippen molar-refractivity contribution in [3.05, 3.63) is 47.3 Å². The third kappa shape index (κ3) is 2.98. The Bertz CT molecular complexity index is 641.